The average molecular weight is 242 g/mol. The summed E-state index contributed by atoms with van der Waals surface area (Å²) in [4.78, 5) is 11.9. The number of nitrogens with one attached hydrogen (secondary N) is 2. The highest BCUT2D eigenvalue weighted by Crippen LogP contribution is 2.30. The van der Waals surface area contributed by atoms with Gasteiger partial charge in [-0.15, -0.1) is 0 Å². The van der Waals surface area contributed by atoms with Crippen LogP contribution < -0.4 is 10.6 Å². The molecular formula is C13H26N2O2. The smallest absolute Gasteiger partial charge is 0.221 e. The molecule has 0 heterocycles. The second-order valence-corrected chi connectivity index (χ2v) is 5.36. The summed E-state index contributed by atoms with van der Waals surface area (Å²) in [5, 5.41) is 15.1. The maximum absolute atomic E-state index is 11.9. The molecule has 1 aliphatic rings. The highest BCUT2D eigenvalue weighted by molar-refractivity contribution is 5.77. The van der Waals surface area contributed by atoms with Crippen LogP contribution in [-0.4, -0.2) is 36.8 Å². The number of aliphatic hydroxyl groups is 1. The molecule has 0 saturated heterocycles. The molecule has 1 fully saturated rings. The second kappa shape index (κ2) is 6.97. The summed E-state index contributed by atoms with van der Waals surface area (Å²) >= 11 is 0. The standard InChI is InChI=1S/C13H26N2O2/c1-11(10-16)9-15-12(17)8-13(14-2)6-4-3-5-7-13/h11,14,16H,3-10H2,1-2H3,(H,15,17). The lowest BCUT2D eigenvalue weighted by Crippen LogP contribution is -2.48. The fourth-order valence-electron chi connectivity index (χ4n) is 2.47. The van der Waals surface area contributed by atoms with E-state index >= 15 is 0 Å². The molecule has 0 aromatic rings. The Balaban J connectivity index is 2.37. The minimum absolute atomic E-state index is 0.00475. The molecule has 0 aromatic heterocycles. The lowest BCUT2D eigenvalue weighted by Gasteiger charge is -2.36. The summed E-state index contributed by atoms with van der Waals surface area (Å²) in [7, 11) is 1.95. The van der Waals surface area contributed by atoms with Gasteiger partial charge >= 0.3 is 0 Å². The summed E-state index contributed by atoms with van der Waals surface area (Å²) < 4.78 is 0. The second-order valence-electron chi connectivity index (χ2n) is 5.36. The Bertz CT molecular complexity index is 238. The third kappa shape index (κ3) is 4.64. The van der Waals surface area contributed by atoms with E-state index in [1.807, 2.05) is 14.0 Å². The number of aliphatic hydroxyl groups excluding tert-OH is 1. The SMILES string of the molecule is CNC1(CC(=O)NCC(C)CO)CCCCC1. The van der Waals surface area contributed by atoms with Crippen LogP contribution in [0.1, 0.15) is 45.4 Å². The van der Waals surface area contributed by atoms with Crippen LogP contribution >= 0.6 is 0 Å². The van der Waals surface area contributed by atoms with Crippen molar-refractivity contribution in [2.45, 2.75) is 51.0 Å². The van der Waals surface area contributed by atoms with Gasteiger partial charge in [0, 0.05) is 25.1 Å². The molecule has 17 heavy (non-hydrogen) atoms. The molecule has 1 amide bonds. The van der Waals surface area contributed by atoms with Gasteiger partial charge in [0.25, 0.3) is 0 Å². The zero-order chi connectivity index (χ0) is 12.7. The van der Waals surface area contributed by atoms with E-state index in [2.05, 4.69) is 10.6 Å². The molecule has 1 saturated carbocycles. The first kappa shape index (κ1) is 14.5. The topological polar surface area (TPSA) is 61.4 Å². The lowest BCUT2D eigenvalue weighted by molar-refractivity contribution is -0.123. The van der Waals surface area contributed by atoms with Crippen LogP contribution in [0.5, 0.6) is 0 Å². The van der Waals surface area contributed by atoms with Gasteiger partial charge in [0.15, 0.2) is 0 Å². The summed E-state index contributed by atoms with van der Waals surface area (Å²) in [6, 6.07) is 0. The molecular weight excluding hydrogens is 216 g/mol. The first-order valence-electron chi connectivity index (χ1n) is 6.68. The number of hydrogen-bond donors (Lipinski definition) is 3. The third-order valence-corrected chi connectivity index (χ3v) is 3.80. The molecule has 0 spiro atoms. The van der Waals surface area contributed by atoms with Crippen LogP contribution in [0.3, 0.4) is 0 Å². The minimum atomic E-state index is 0.00475. The van der Waals surface area contributed by atoms with Crippen molar-refractivity contribution in [2.75, 3.05) is 20.2 Å². The molecule has 3 N–H and O–H groups in total. The summed E-state index contributed by atoms with van der Waals surface area (Å²) in [6.45, 7) is 2.61. The molecule has 0 aliphatic heterocycles. The average Bonchev–Trinajstić information content (AvgIpc) is 2.37. The van der Waals surface area contributed by atoms with Gasteiger partial charge in [-0.1, -0.05) is 26.2 Å². The number of rotatable bonds is 6. The molecule has 0 radical (unpaired) electrons. The molecule has 0 aromatic carbocycles. The van der Waals surface area contributed by atoms with E-state index < -0.39 is 0 Å². The predicted octanol–water partition coefficient (Wildman–Crippen LogP) is 1.04. The van der Waals surface area contributed by atoms with E-state index in [9.17, 15) is 4.79 Å². The molecule has 0 bridgehead atoms. The maximum atomic E-state index is 11.9. The van der Waals surface area contributed by atoms with Crippen molar-refractivity contribution >= 4 is 5.91 Å². The molecule has 1 unspecified atom stereocenters. The van der Waals surface area contributed by atoms with Crippen LogP contribution in [0, 0.1) is 5.92 Å². The number of hydrogen-bond acceptors (Lipinski definition) is 3. The Kier molecular flexibility index (Phi) is 5.92. The van der Waals surface area contributed by atoms with Crippen molar-refractivity contribution in [3.05, 3.63) is 0 Å². The summed E-state index contributed by atoms with van der Waals surface area (Å²) in [6.07, 6.45) is 6.44. The van der Waals surface area contributed by atoms with Crippen molar-refractivity contribution in [3.8, 4) is 0 Å². The van der Waals surface area contributed by atoms with E-state index in [1.54, 1.807) is 0 Å². The van der Waals surface area contributed by atoms with Gasteiger partial charge in [-0.25, -0.2) is 0 Å². The Morgan fingerprint density at radius 2 is 2.00 bits per heavy atom. The molecule has 1 rings (SSSR count). The molecule has 4 heteroatoms. The fraction of sp³-hybridized carbons (Fsp3) is 0.923. The Labute approximate surface area is 104 Å². The van der Waals surface area contributed by atoms with Gasteiger partial charge in [-0.3, -0.25) is 4.79 Å². The monoisotopic (exact) mass is 242 g/mol. The lowest BCUT2D eigenvalue weighted by atomic mass is 9.79. The van der Waals surface area contributed by atoms with Crippen molar-refractivity contribution in [2.24, 2.45) is 5.92 Å². The van der Waals surface area contributed by atoms with Crippen molar-refractivity contribution in [1.82, 2.24) is 10.6 Å². The van der Waals surface area contributed by atoms with Gasteiger partial charge in [-0.2, -0.15) is 0 Å². The minimum Gasteiger partial charge on any atom is -0.396 e. The van der Waals surface area contributed by atoms with E-state index in [0.717, 1.165) is 12.8 Å². The zero-order valence-corrected chi connectivity index (χ0v) is 11.1. The third-order valence-electron chi connectivity index (χ3n) is 3.80. The van der Waals surface area contributed by atoms with E-state index in [-0.39, 0.29) is 24.0 Å². The van der Waals surface area contributed by atoms with Crippen LogP contribution in [-0.2, 0) is 4.79 Å². The highest BCUT2D eigenvalue weighted by atomic mass is 16.3. The quantitative estimate of drug-likeness (QED) is 0.652. The fourth-order valence-corrected chi connectivity index (χ4v) is 2.47. The number of carbonyl (C=O) groups is 1. The number of carbonyl (C=O) groups excluding carboxylic acids is 1. The van der Waals surface area contributed by atoms with Crippen LogP contribution in [0.15, 0.2) is 0 Å². The maximum Gasteiger partial charge on any atom is 0.221 e. The normalized spacial score (nSPS) is 20.9. The molecule has 4 nitrogen and oxygen atoms in total. The van der Waals surface area contributed by atoms with Crippen molar-refractivity contribution < 1.29 is 9.90 Å². The highest BCUT2D eigenvalue weighted by Gasteiger charge is 2.32. The van der Waals surface area contributed by atoms with Crippen molar-refractivity contribution in [1.29, 1.82) is 0 Å². The van der Waals surface area contributed by atoms with E-state index in [1.165, 1.54) is 19.3 Å². The van der Waals surface area contributed by atoms with Gasteiger partial charge < -0.3 is 15.7 Å². The van der Waals surface area contributed by atoms with Crippen LogP contribution in [0.25, 0.3) is 0 Å². The first-order valence-corrected chi connectivity index (χ1v) is 6.68. The summed E-state index contributed by atoms with van der Waals surface area (Å²) in [5.74, 6) is 0.234. The molecule has 1 atom stereocenters. The first-order chi connectivity index (χ1) is 8.12. The van der Waals surface area contributed by atoms with Gasteiger partial charge in [0.1, 0.15) is 0 Å². The molecule has 1 aliphatic carbocycles. The summed E-state index contributed by atoms with van der Waals surface area (Å²) in [5.41, 5.74) is 0.00475. The number of amides is 1. The Morgan fingerprint density at radius 3 is 2.53 bits per heavy atom. The van der Waals surface area contributed by atoms with Gasteiger partial charge in [0.05, 0.1) is 0 Å². The largest absolute Gasteiger partial charge is 0.396 e. The van der Waals surface area contributed by atoms with E-state index in [4.69, 9.17) is 5.11 Å². The Hall–Kier alpha value is -0.610. The van der Waals surface area contributed by atoms with Gasteiger partial charge in [0.2, 0.25) is 5.91 Å². The van der Waals surface area contributed by atoms with E-state index in [0.29, 0.717) is 13.0 Å². The van der Waals surface area contributed by atoms with Crippen LogP contribution in [0.4, 0.5) is 0 Å². The van der Waals surface area contributed by atoms with Gasteiger partial charge in [-0.05, 0) is 25.8 Å². The molecule has 100 valence electrons. The van der Waals surface area contributed by atoms with Crippen molar-refractivity contribution in [3.63, 3.8) is 0 Å². The van der Waals surface area contributed by atoms with Crippen LogP contribution in [0.2, 0.25) is 0 Å². The predicted molar refractivity (Wildman–Crippen MR) is 68.8 cm³/mol. The Morgan fingerprint density at radius 1 is 1.35 bits per heavy atom. The zero-order valence-electron chi connectivity index (χ0n) is 11.1.